The second-order valence-electron chi connectivity index (χ2n) is 6.09. The van der Waals surface area contributed by atoms with Gasteiger partial charge in [-0.15, -0.1) is 0 Å². The molecule has 0 radical (unpaired) electrons. The summed E-state index contributed by atoms with van der Waals surface area (Å²) in [6.07, 6.45) is 8.48. The normalized spacial score (nSPS) is 19.1. The fourth-order valence-corrected chi connectivity index (χ4v) is 3.69. The van der Waals surface area contributed by atoms with Gasteiger partial charge in [-0.2, -0.15) is 0 Å². The van der Waals surface area contributed by atoms with Gasteiger partial charge in [-0.05, 0) is 55.8 Å². The second-order valence-corrected chi connectivity index (χ2v) is 6.09. The SMILES string of the molecule is CCNC(c1c(C)cccc1C)C1CCCCCC1. The lowest BCUT2D eigenvalue weighted by Gasteiger charge is -2.30. The average Bonchev–Trinajstić information content (AvgIpc) is 2.66. The van der Waals surface area contributed by atoms with Crippen LogP contribution in [0.3, 0.4) is 0 Å². The molecular weight excluding hydrogens is 230 g/mol. The number of hydrogen-bond donors (Lipinski definition) is 1. The lowest BCUT2D eigenvalue weighted by molar-refractivity contribution is 0.328. The Hall–Kier alpha value is -0.820. The quantitative estimate of drug-likeness (QED) is 0.756. The zero-order valence-corrected chi connectivity index (χ0v) is 12.8. The number of rotatable bonds is 4. The first kappa shape index (κ1) is 14.6. The summed E-state index contributed by atoms with van der Waals surface area (Å²) in [4.78, 5) is 0. The van der Waals surface area contributed by atoms with Crippen molar-refractivity contribution < 1.29 is 0 Å². The highest BCUT2D eigenvalue weighted by molar-refractivity contribution is 5.36. The van der Waals surface area contributed by atoms with Crippen LogP contribution in [0.15, 0.2) is 18.2 Å². The zero-order chi connectivity index (χ0) is 13.7. The maximum atomic E-state index is 3.78. The third-order valence-corrected chi connectivity index (χ3v) is 4.65. The number of aryl methyl sites for hydroxylation is 2. The lowest BCUT2D eigenvalue weighted by Crippen LogP contribution is -2.29. The molecule has 1 atom stereocenters. The topological polar surface area (TPSA) is 12.0 Å². The van der Waals surface area contributed by atoms with Crippen LogP contribution in [0.5, 0.6) is 0 Å². The fraction of sp³-hybridized carbons (Fsp3) is 0.667. The van der Waals surface area contributed by atoms with E-state index in [1.54, 1.807) is 5.56 Å². The molecule has 1 aromatic rings. The summed E-state index contributed by atoms with van der Waals surface area (Å²) in [6.45, 7) is 7.83. The van der Waals surface area contributed by atoms with E-state index in [9.17, 15) is 0 Å². The smallest absolute Gasteiger partial charge is 0.0353 e. The Labute approximate surface area is 118 Å². The standard InChI is InChI=1S/C18H29N/c1-4-19-18(16-12-7-5-6-8-13-16)17-14(2)10-9-11-15(17)3/h9-11,16,18-19H,4-8,12-13H2,1-3H3. The minimum atomic E-state index is 0.560. The largest absolute Gasteiger partial charge is 0.310 e. The monoisotopic (exact) mass is 259 g/mol. The molecule has 0 aliphatic heterocycles. The predicted molar refractivity (Wildman–Crippen MR) is 83.5 cm³/mol. The van der Waals surface area contributed by atoms with Gasteiger partial charge in [-0.3, -0.25) is 0 Å². The summed E-state index contributed by atoms with van der Waals surface area (Å²) in [5.41, 5.74) is 4.47. The van der Waals surface area contributed by atoms with Gasteiger partial charge in [-0.25, -0.2) is 0 Å². The molecule has 0 spiro atoms. The molecule has 1 aliphatic rings. The summed E-state index contributed by atoms with van der Waals surface area (Å²) in [7, 11) is 0. The van der Waals surface area contributed by atoms with E-state index in [4.69, 9.17) is 0 Å². The molecule has 0 aromatic heterocycles. The van der Waals surface area contributed by atoms with Crippen LogP contribution in [0.4, 0.5) is 0 Å². The van der Waals surface area contributed by atoms with Crippen molar-refractivity contribution in [2.24, 2.45) is 5.92 Å². The van der Waals surface area contributed by atoms with Gasteiger partial charge in [0.1, 0.15) is 0 Å². The third-order valence-electron chi connectivity index (χ3n) is 4.65. The van der Waals surface area contributed by atoms with Crippen molar-refractivity contribution in [1.29, 1.82) is 0 Å². The summed E-state index contributed by atoms with van der Waals surface area (Å²) in [5.74, 6) is 0.822. The van der Waals surface area contributed by atoms with Crippen molar-refractivity contribution in [2.45, 2.75) is 65.3 Å². The van der Waals surface area contributed by atoms with E-state index in [1.807, 2.05) is 0 Å². The molecule has 1 fully saturated rings. The molecule has 0 bridgehead atoms. The molecule has 1 heteroatoms. The van der Waals surface area contributed by atoms with Crippen molar-refractivity contribution in [3.8, 4) is 0 Å². The van der Waals surface area contributed by atoms with Gasteiger partial charge in [-0.1, -0.05) is 50.8 Å². The third kappa shape index (κ3) is 3.60. The minimum absolute atomic E-state index is 0.560. The van der Waals surface area contributed by atoms with E-state index in [0.29, 0.717) is 6.04 Å². The second kappa shape index (κ2) is 7.09. The molecule has 1 aliphatic carbocycles. The molecule has 1 aromatic carbocycles. The van der Waals surface area contributed by atoms with Crippen LogP contribution in [0.25, 0.3) is 0 Å². The maximum absolute atomic E-state index is 3.78. The first-order chi connectivity index (χ1) is 9.24. The van der Waals surface area contributed by atoms with Crippen LogP contribution in [0, 0.1) is 19.8 Å². The van der Waals surface area contributed by atoms with E-state index in [0.717, 1.165) is 12.5 Å². The first-order valence-electron chi connectivity index (χ1n) is 8.03. The Morgan fingerprint density at radius 3 is 2.16 bits per heavy atom. The van der Waals surface area contributed by atoms with Crippen molar-refractivity contribution in [3.63, 3.8) is 0 Å². The highest BCUT2D eigenvalue weighted by Crippen LogP contribution is 2.36. The molecule has 106 valence electrons. The predicted octanol–water partition coefficient (Wildman–Crippen LogP) is 4.92. The molecule has 1 N–H and O–H groups in total. The molecule has 1 saturated carbocycles. The summed E-state index contributed by atoms with van der Waals surface area (Å²) >= 11 is 0. The fourth-order valence-electron chi connectivity index (χ4n) is 3.69. The minimum Gasteiger partial charge on any atom is -0.310 e. The van der Waals surface area contributed by atoms with Gasteiger partial charge in [0.15, 0.2) is 0 Å². The lowest BCUT2D eigenvalue weighted by atomic mass is 9.83. The summed E-state index contributed by atoms with van der Waals surface area (Å²) < 4.78 is 0. The van der Waals surface area contributed by atoms with Crippen molar-refractivity contribution in [1.82, 2.24) is 5.32 Å². The molecule has 2 rings (SSSR count). The van der Waals surface area contributed by atoms with Gasteiger partial charge in [0, 0.05) is 6.04 Å². The molecule has 1 nitrogen and oxygen atoms in total. The molecular formula is C18H29N. The molecule has 1 unspecified atom stereocenters. The number of nitrogens with one attached hydrogen (secondary N) is 1. The van der Waals surface area contributed by atoms with Crippen molar-refractivity contribution >= 4 is 0 Å². The van der Waals surface area contributed by atoms with Gasteiger partial charge in [0.25, 0.3) is 0 Å². The van der Waals surface area contributed by atoms with E-state index >= 15 is 0 Å². The molecule has 0 heterocycles. The maximum Gasteiger partial charge on any atom is 0.0353 e. The van der Waals surface area contributed by atoms with Crippen LogP contribution in [-0.4, -0.2) is 6.54 Å². The average molecular weight is 259 g/mol. The Morgan fingerprint density at radius 1 is 1.05 bits per heavy atom. The molecule has 19 heavy (non-hydrogen) atoms. The summed E-state index contributed by atoms with van der Waals surface area (Å²) in [5, 5.41) is 3.78. The van der Waals surface area contributed by atoms with Crippen LogP contribution in [0.2, 0.25) is 0 Å². The Balaban J connectivity index is 2.27. The van der Waals surface area contributed by atoms with Gasteiger partial charge >= 0.3 is 0 Å². The number of hydrogen-bond acceptors (Lipinski definition) is 1. The van der Waals surface area contributed by atoms with E-state index in [-0.39, 0.29) is 0 Å². The van der Waals surface area contributed by atoms with Crippen LogP contribution >= 0.6 is 0 Å². The Bertz CT molecular complexity index is 368. The zero-order valence-electron chi connectivity index (χ0n) is 12.8. The highest BCUT2D eigenvalue weighted by atomic mass is 14.9. The summed E-state index contributed by atoms with van der Waals surface area (Å²) in [6, 6.07) is 7.28. The van der Waals surface area contributed by atoms with Crippen LogP contribution in [0.1, 0.15) is 68.2 Å². The van der Waals surface area contributed by atoms with Crippen LogP contribution < -0.4 is 5.32 Å². The van der Waals surface area contributed by atoms with Crippen molar-refractivity contribution in [2.75, 3.05) is 6.54 Å². The van der Waals surface area contributed by atoms with E-state index in [2.05, 4.69) is 44.3 Å². The van der Waals surface area contributed by atoms with Crippen molar-refractivity contribution in [3.05, 3.63) is 34.9 Å². The van der Waals surface area contributed by atoms with Gasteiger partial charge in [0.05, 0.1) is 0 Å². The Morgan fingerprint density at radius 2 is 1.63 bits per heavy atom. The van der Waals surface area contributed by atoms with Gasteiger partial charge < -0.3 is 5.32 Å². The van der Waals surface area contributed by atoms with E-state index in [1.165, 1.54) is 49.7 Å². The Kier molecular flexibility index (Phi) is 5.45. The first-order valence-corrected chi connectivity index (χ1v) is 8.03. The van der Waals surface area contributed by atoms with Crippen LogP contribution in [-0.2, 0) is 0 Å². The highest BCUT2D eigenvalue weighted by Gasteiger charge is 2.25. The van der Waals surface area contributed by atoms with Gasteiger partial charge in [0.2, 0.25) is 0 Å². The van der Waals surface area contributed by atoms with E-state index < -0.39 is 0 Å². The molecule has 0 saturated heterocycles. The number of benzene rings is 1. The molecule has 0 amide bonds.